The summed E-state index contributed by atoms with van der Waals surface area (Å²) in [7, 11) is 0. The topological polar surface area (TPSA) is 17.1 Å². The fourth-order valence-electron chi connectivity index (χ4n) is 1.86. The van der Waals surface area contributed by atoms with Crippen LogP contribution in [-0.4, -0.2) is 5.78 Å². The number of hydrogen-bond donors (Lipinski definition) is 1. The Morgan fingerprint density at radius 1 is 1.00 bits per heavy atom. The van der Waals surface area contributed by atoms with Crippen LogP contribution in [0.25, 0.3) is 11.1 Å². The second-order valence-electron chi connectivity index (χ2n) is 4.11. The molecule has 0 fully saturated rings. The molecule has 2 aromatic rings. The smallest absolute Gasteiger partial charge is 0.173 e. The first-order valence-electron chi connectivity index (χ1n) is 5.51. The molecule has 0 bridgehead atoms. The molecule has 0 unspecified atom stereocenters. The molecular weight excluding hydrogens is 292 g/mol. The molecule has 2 aromatic carbocycles. The van der Waals surface area contributed by atoms with E-state index in [0.29, 0.717) is 4.90 Å². The molecule has 0 saturated heterocycles. The van der Waals surface area contributed by atoms with Crippen LogP contribution < -0.4 is 0 Å². The van der Waals surface area contributed by atoms with Crippen LogP contribution in [0, 0.1) is 23.3 Å². The van der Waals surface area contributed by atoms with Gasteiger partial charge in [-0.15, -0.1) is 12.6 Å². The van der Waals surface area contributed by atoms with Crippen LogP contribution in [-0.2, 0) is 0 Å². The SMILES string of the molecule is CC(=O)c1c(F)c(F)c(-c2cccc(S)c2)c(F)c1F. The van der Waals surface area contributed by atoms with Gasteiger partial charge in [-0.1, -0.05) is 12.1 Å². The van der Waals surface area contributed by atoms with E-state index < -0.39 is 40.2 Å². The predicted molar refractivity (Wildman–Crippen MR) is 69.0 cm³/mol. The number of carbonyl (C=O) groups is 1. The zero-order valence-corrected chi connectivity index (χ0v) is 11.1. The Morgan fingerprint density at radius 3 is 2.00 bits per heavy atom. The molecule has 0 atom stereocenters. The Hall–Kier alpha value is -1.82. The molecule has 0 aliphatic rings. The van der Waals surface area contributed by atoms with E-state index in [2.05, 4.69) is 12.6 Å². The van der Waals surface area contributed by atoms with Crippen LogP contribution in [0.2, 0.25) is 0 Å². The van der Waals surface area contributed by atoms with Gasteiger partial charge in [-0.25, -0.2) is 17.6 Å². The van der Waals surface area contributed by atoms with Crippen molar-refractivity contribution in [2.45, 2.75) is 11.8 Å². The second kappa shape index (κ2) is 5.28. The molecule has 6 heteroatoms. The van der Waals surface area contributed by atoms with E-state index in [0.717, 1.165) is 6.92 Å². The highest BCUT2D eigenvalue weighted by atomic mass is 32.1. The van der Waals surface area contributed by atoms with Crippen molar-refractivity contribution in [3.8, 4) is 11.1 Å². The van der Waals surface area contributed by atoms with Crippen molar-refractivity contribution in [3.63, 3.8) is 0 Å². The predicted octanol–water partition coefficient (Wildman–Crippen LogP) is 4.40. The van der Waals surface area contributed by atoms with Crippen molar-refractivity contribution >= 4 is 18.4 Å². The van der Waals surface area contributed by atoms with Gasteiger partial charge < -0.3 is 0 Å². The molecule has 0 radical (unpaired) electrons. The molecule has 0 amide bonds. The maximum Gasteiger partial charge on any atom is 0.173 e. The summed E-state index contributed by atoms with van der Waals surface area (Å²) in [6.07, 6.45) is 0. The molecule has 1 nitrogen and oxygen atoms in total. The average Bonchev–Trinajstić information content (AvgIpc) is 2.37. The fraction of sp³-hybridized carbons (Fsp3) is 0.0714. The lowest BCUT2D eigenvalue weighted by atomic mass is 9.99. The third-order valence-electron chi connectivity index (χ3n) is 2.75. The van der Waals surface area contributed by atoms with Crippen LogP contribution in [0.4, 0.5) is 17.6 Å². The standard InChI is InChI=1S/C14H8F4OS/c1-6(19)9-11(15)13(17)10(14(18)12(9)16)7-3-2-4-8(20)5-7/h2-5,20H,1H3. The monoisotopic (exact) mass is 300 g/mol. The first kappa shape index (κ1) is 14.6. The minimum atomic E-state index is -1.70. The highest BCUT2D eigenvalue weighted by molar-refractivity contribution is 7.80. The molecule has 0 aliphatic carbocycles. The summed E-state index contributed by atoms with van der Waals surface area (Å²) >= 11 is 3.99. The van der Waals surface area contributed by atoms with Crippen LogP contribution in [0.1, 0.15) is 17.3 Å². The van der Waals surface area contributed by atoms with Gasteiger partial charge in [-0.2, -0.15) is 0 Å². The summed E-state index contributed by atoms with van der Waals surface area (Å²) in [5.41, 5.74) is -2.15. The largest absolute Gasteiger partial charge is 0.294 e. The van der Waals surface area contributed by atoms with Crippen molar-refractivity contribution in [1.82, 2.24) is 0 Å². The van der Waals surface area contributed by atoms with Crippen LogP contribution >= 0.6 is 12.6 Å². The number of rotatable bonds is 2. The summed E-state index contributed by atoms with van der Waals surface area (Å²) < 4.78 is 55.3. The summed E-state index contributed by atoms with van der Waals surface area (Å²) in [5.74, 6) is -7.69. The average molecular weight is 300 g/mol. The van der Waals surface area contributed by atoms with Crippen LogP contribution in [0.5, 0.6) is 0 Å². The summed E-state index contributed by atoms with van der Waals surface area (Å²) in [6, 6.07) is 5.52. The Labute approximate surface area is 117 Å². The van der Waals surface area contributed by atoms with Crippen LogP contribution in [0.3, 0.4) is 0 Å². The van der Waals surface area contributed by atoms with Crippen molar-refractivity contribution in [3.05, 3.63) is 53.1 Å². The van der Waals surface area contributed by atoms with Crippen molar-refractivity contribution in [2.24, 2.45) is 0 Å². The first-order valence-corrected chi connectivity index (χ1v) is 5.95. The lowest BCUT2D eigenvalue weighted by molar-refractivity contribution is 0.100. The second-order valence-corrected chi connectivity index (χ2v) is 4.63. The van der Waals surface area contributed by atoms with Gasteiger partial charge in [0.05, 0.1) is 11.1 Å². The van der Waals surface area contributed by atoms with Crippen molar-refractivity contribution < 1.29 is 22.4 Å². The summed E-state index contributed by atoms with van der Waals surface area (Å²) in [6.45, 7) is 0.828. The lowest BCUT2D eigenvalue weighted by Gasteiger charge is -2.11. The molecule has 20 heavy (non-hydrogen) atoms. The molecular formula is C14H8F4OS. The lowest BCUT2D eigenvalue weighted by Crippen LogP contribution is -2.09. The van der Waals surface area contributed by atoms with Crippen LogP contribution in [0.15, 0.2) is 29.2 Å². The summed E-state index contributed by atoms with van der Waals surface area (Å²) in [5, 5.41) is 0. The third kappa shape index (κ3) is 2.31. The van der Waals surface area contributed by atoms with Gasteiger partial charge in [0.15, 0.2) is 29.1 Å². The number of carbonyl (C=O) groups excluding carboxylic acids is 1. The summed E-state index contributed by atoms with van der Waals surface area (Å²) in [4.78, 5) is 11.4. The number of halogens is 4. The number of ketones is 1. The van der Waals surface area contributed by atoms with Crippen molar-refractivity contribution in [2.75, 3.05) is 0 Å². The van der Waals surface area contributed by atoms with E-state index in [1.165, 1.54) is 18.2 Å². The molecule has 0 N–H and O–H groups in total. The van der Waals surface area contributed by atoms with Gasteiger partial charge in [0.2, 0.25) is 0 Å². The molecule has 2 rings (SSSR count). The first-order chi connectivity index (χ1) is 9.34. The zero-order valence-electron chi connectivity index (χ0n) is 10.2. The highest BCUT2D eigenvalue weighted by Gasteiger charge is 2.28. The number of hydrogen-bond acceptors (Lipinski definition) is 2. The Bertz CT molecular complexity index is 684. The quantitative estimate of drug-likeness (QED) is 0.376. The maximum absolute atomic E-state index is 13.9. The fourth-order valence-corrected chi connectivity index (χ4v) is 2.08. The minimum Gasteiger partial charge on any atom is -0.294 e. The van der Waals surface area contributed by atoms with E-state index in [4.69, 9.17) is 0 Å². The van der Waals surface area contributed by atoms with Gasteiger partial charge in [-0.05, 0) is 24.6 Å². The number of benzene rings is 2. The van der Waals surface area contributed by atoms with Gasteiger partial charge in [0, 0.05) is 4.90 Å². The number of Topliss-reactive ketones (excluding diaryl/α,β-unsaturated/α-hetero) is 1. The van der Waals surface area contributed by atoms with E-state index in [-0.39, 0.29) is 5.56 Å². The molecule has 0 heterocycles. The Morgan fingerprint density at radius 2 is 1.55 bits per heavy atom. The van der Waals surface area contributed by atoms with E-state index in [1.807, 2.05) is 0 Å². The van der Waals surface area contributed by atoms with Gasteiger partial charge in [-0.3, -0.25) is 4.79 Å². The van der Waals surface area contributed by atoms with Gasteiger partial charge >= 0.3 is 0 Å². The minimum absolute atomic E-state index is 0.0691. The zero-order chi connectivity index (χ0) is 15.0. The van der Waals surface area contributed by atoms with E-state index >= 15 is 0 Å². The molecule has 104 valence electrons. The van der Waals surface area contributed by atoms with E-state index in [1.54, 1.807) is 6.07 Å². The maximum atomic E-state index is 13.9. The van der Waals surface area contributed by atoms with E-state index in [9.17, 15) is 22.4 Å². The highest BCUT2D eigenvalue weighted by Crippen LogP contribution is 2.33. The Kier molecular flexibility index (Phi) is 3.85. The van der Waals surface area contributed by atoms with Crippen molar-refractivity contribution in [1.29, 1.82) is 0 Å². The Balaban J connectivity index is 2.83. The molecule has 0 aliphatic heterocycles. The normalized spacial score (nSPS) is 10.7. The third-order valence-corrected chi connectivity index (χ3v) is 3.03. The van der Waals surface area contributed by atoms with Gasteiger partial charge in [0.1, 0.15) is 0 Å². The molecule has 0 spiro atoms. The van der Waals surface area contributed by atoms with Gasteiger partial charge in [0.25, 0.3) is 0 Å². The molecule has 0 saturated carbocycles. The molecule has 0 aromatic heterocycles. The number of thiol groups is 1.